The number of methoxy groups -OCH3 is 1. The van der Waals surface area contributed by atoms with Gasteiger partial charge in [-0.15, -0.1) is 0 Å². The molecular formula is C15H21Br2NO2. The van der Waals surface area contributed by atoms with E-state index in [1.807, 2.05) is 0 Å². The lowest BCUT2D eigenvalue weighted by Gasteiger charge is -2.20. The molecule has 0 aromatic heterocycles. The maximum atomic E-state index is 12.1. The molecule has 0 fully saturated rings. The zero-order valence-corrected chi connectivity index (χ0v) is 15.3. The van der Waals surface area contributed by atoms with E-state index in [0.29, 0.717) is 22.9 Å². The van der Waals surface area contributed by atoms with E-state index in [-0.39, 0.29) is 5.91 Å². The second-order valence-corrected chi connectivity index (χ2v) is 6.68. The molecule has 5 heteroatoms. The van der Waals surface area contributed by atoms with Crippen LogP contribution in [0.4, 0.5) is 0 Å². The molecule has 20 heavy (non-hydrogen) atoms. The molecule has 0 heterocycles. The molecule has 3 nitrogen and oxygen atoms in total. The maximum Gasteiger partial charge on any atom is 0.251 e. The highest BCUT2D eigenvalue weighted by Gasteiger charge is 2.16. The van der Waals surface area contributed by atoms with Crippen molar-refractivity contribution in [3.8, 4) is 5.75 Å². The molecule has 0 bridgehead atoms. The molecule has 0 saturated carbocycles. The molecule has 1 N–H and O–H groups in total. The van der Waals surface area contributed by atoms with Gasteiger partial charge in [0.05, 0.1) is 11.6 Å². The third-order valence-electron chi connectivity index (χ3n) is 3.43. The van der Waals surface area contributed by atoms with Gasteiger partial charge in [0.1, 0.15) is 5.75 Å². The van der Waals surface area contributed by atoms with Gasteiger partial charge in [0.2, 0.25) is 0 Å². The summed E-state index contributed by atoms with van der Waals surface area (Å²) in [7, 11) is 1.60. The Morgan fingerprint density at radius 1 is 1.35 bits per heavy atom. The summed E-state index contributed by atoms with van der Waals surface area (Å²) in [6.45, 7) is 4.98. The van der Waals surface area contributed by atoms with Crippen molar-refractivity contribution in [1.82, 2.24) is 5.32 Å². The molecule has 0 aliphatic rings. The Balaban J connectivity index is 2.61. The van der Waals surface area contributed by atoms with Crippen molar-refractivity contribution in [2.45, 2.75) is 31.5 Å². The summed E-state index contributed by atoms with van der Waals surface area (Å²) in [5, 5.41) is 2.97. The molecule has 0 saturated heterocycles. The number of halogens is 2. The molecule has 1 amide bonds. The zero-order valence-electron chi connectivity index (χ0n) is 12.1. The van der Waals surface area contributed by atoms with E-state index in [4.69, 9.17) is 4.74 Å². The lowest BCUT2D eigenvalue weighted by molar-refractivity contribution is 0.0952. The van der Waals surface area contributed by atoms with E-state index in [0.717, 1.165) is 23.1 Å². The van der Waals surface area contributed by atoms with Crippen molar-refractivity contribution in [3.63, 3.8) is 0 Å². The van der Waals surface area contributed by atoms with Crippen LogP contribution in [0.1, 0.15) is 37.0 Å². The minimum absolute atomic E-state index is 0.0660. The van der Waals surface area contributed by atoms with Crippen LogP contribution in [0.15, 0.2) is 22.7 Å². The normalized spacial score (nSPS) is 12.3. The van der Waals surface area contributed by atoms with E-state index in [1.54, 1.807) is 25.3 Å². The number of rotatable bonds is 7. The Morgan fingerprint density at radius 2 is 2.00 bits per heavy atom. The highest BCUT2D eigenvalue weighted by molar-refractivity contribution is 9.10. The number of alkyl halides is 1. The summed E-state index contributed by atoms with van der Waals surface area (Å²) in [6.07, 6.45) is 2.22. The molecule has 0 aliphatic carbocycles. The molecular weight excluding hydrogens is 386 g/mol. The first kappa shape index (κ1) is 17.5. The smallest absolute Gasteiger partial charge is 0.251 e. The van der Waals surface area contributed by atoms with Crippen LogP contribution >= 0.6 is 31.9 Å². The fraction of sp³-hybridized carbons (Fsp3) is 0.533. The number of carbonyl (C=O) groups is 1. The second kappa shape index (κ2) is 8.67. The van der Waals surface area contributed by atoms with Crippen LogP contribution in [0.5, 0.6) is 5.75 Å². The lowest BCUT2D eigenvalue weighted by atomic mass is 9.99. The number of ether oxygens (including phenoxy) is 1. The van der Waals surface area contributed by atoms with Crippen molar-refractivity contribution in [3.05, 3.63) is 28.2 Å². The summed E-state index contributed by atoms with van der Waals surface area (Å²) in [5.74, 6) is 1.23. The Morgan fingerprint density at radius 3 is 2.50 bits per heavy atom. The molecule has 1 rings (SSSR count). The van der Waals surface area contributed by atoms with Crippen LogP contribution in [-0.4, -0.2) is 24.4 Å². The fourth-order valence-corrected chi connectivity index (χ4v) is 3.52. The summed E-state index contributed by atoms with van der Waals surface area (Å²) < 4.78 is 5.93. The molecule has 0 spiro atoms. The van der Waals surface area contributed by atoms with Gasteiger partial charge in [0, 0.05) is 16.9 Å². The summed E-state index contributed by atoms with van der Waals surface area (Å²) in [6, 6.07) is 5.32. The number of hydrogen-bond donors (Lipinski definition) is 1. The van der Waals surface area contributed by atoms with E-state index in [9.17, 15) is 4.79 Å². The number of carbonyl (C=O) groups excluding carboxylic acids is 1. The van der Waals surface area contributed by atoms with Crippen molar-refractivity contribution >= 4 is 37.8 Å². The van der Waals surface area contributed by atoms with Crippen LogP contribution in [0.25, 0.3) is 0 Å². The number of benzene rings is 1. The second-order valence-electron chi connectivity index (χ2n) is 4.65. The van der Waals surface area contributed by atoms with Crippen LogP contribution in [0, 0.1) is 5.92 Å². The monoisotopic (exact) mass is 405 g/mol. The molecule has 0 radical (unpaired) electrons. The highest BCUT2D eigenvalue weighted by Crippen LogP contribution is 2.25. The van der Waals surface area contributed by atoms with Gasteiger partial charge in [-0.25, -0.2) is 0 Å². The number of hydrogen-bond acceptors (Lipinski definition) is 2. The third-order valence-corrected chi connectivity index (χ3v) is 5.12. The van der Waals surface area contributed by atoms with Crippen molar-refractivity contribution in [2.75, 3.05) is 13.7 Å². The standard InChI is InChI=1S/C15H21Br2NO2/c1-4-10(5-2)13(17)9-18-15(19)11-6-7-14(20-3)12(16)8-11/h6-8,10,13H,4-5,9H2,1-3H3,(H,18,19). The first-order valence-electron chi connectivity index (χ1n) is 6.79. The fourth-order valence-electron chi connectivity index (χ4n) is 2.07. The highest BCUT2D eigenvalue weighted by atomic mass is 79.9. The van der Waals surface area contributed by atoms with Crippen molar-refractivity contribution in [2.24, 2.45) is 5.92 Å². The maximum absolute atomic E-state index is 12.1. The van der Waals surface area contributed by atoms with Crippen molar-refractivity contribution in [1.29, 1.82) is 0 Å². The van der Waals surface area contributed by atoms with Gasteiger partial charge in [-0.2, -0.15) is 0 Å². The molecule has 112 valence electrons. The lowest BCUT2D eigenvalue weighted by Crippen LogP contribution is -2.32. The minimum atomic E-state index is -0.0660. The predicted octanol–water partition coefficient (Wildman–Crippen LogP) is 4.39. The van der Waals surface area contributed by atoms with Gasteiger partial charge >= 0.3 is 0 Å². The molecule has 1 atom stereocenters. The predicted molar refractivity (Wildman–Crippen MR) is 89.8 cm³/mol. The average Bonchev–Trinajstić information content (AvgIpc) is 2.45. The minimum Gasteiger partial charge on any atom is -0.496 e. The number of nitrogens with one attached hydrogen (secondary N) is 1. The van der Waals surface area contributed by atoms with Gasteiger partial charge in [-0.1, -0.05) is 42.6 Å². The van der Waals surface area contributed by atoms with Crippen molar-refractivity contribution < 1.29 is 9.53 Å². The molecule has 0 aliphatic heterocycles. The van der Waals surface area contributed by atoms with Gasteiger partial charge in [-0.05, 0) is 40.0 Å². The first-order chi connectivity index (χ1) is 9.53. The Bertz CT molecular complexity index is 447. The van der Waals surface area contributed by atoms with E-state index in [2.05, 4.69) is 51.0 Å². The van der Waals surface area contributed by atoms with Crippen LogP contribution in [0.2, 0.25) is 0 Å². The van der Waals surface area contributed by atoms with Crippen LogP contribution in [-0.2, 0) is 0 Å². The SMILES string of the molecule is CCC(CC)C(Br)CNC(=O)c1ccc(OC)c(Br)c1. The van der Waals surface area contributed by atoms with Gasteiger partial charge in [-0.3, -0.25) is 4.79 Å². The van der Waals surface area contributed by atoms with Crippen LogP contribution < -0.4 is 10.1 Å². The zero-order chi connectivity index (χ0) is 15.1. The van der Waals surface area contributed by atoms with E-state index < -0.39 is 0 Å². The van der Waals surface area contributed by atoms with E-state index >= 15 is 0 Å². The summed E-state index contributed by atoms with van der Waals surface area (Å²) in [5.41, 5.74) is 0.627. The Labute approximate surface area is 137 Å². The van der Waals surface area contributed by atoms with Crippen LogP contribution in [0.3, 0.4) is 0 Å². The number of amides is 1. The van der Waals surface area contributed by atoms with Gasteiger partial charge < -0.3 is 10.1 Å². The summed E-state index contributed by atoms with van der Waals surface area (Å²) in [4.78, 5) is 12.4. The molecule has 1 aromatic carbocycles. The van der Waals surface area contributed by atoms with Gasteiger partial charge in [0.15, 0.2) is 0 Å². The molecule has 1 aromatic rings. The Kier molecular flexibility index (Phi) is 7.59. The topological polar surface area (TPSA) is 38.3 Å². The first-order valence-corrected chi connectivity index (χ1v) is 8.50. The summed E-state index contributed by atoms with van der Waals surface area (Å²) >= 11 is 7.05. The Hall–Kier alpha value is -0.550. The largest absolute Gasteiger partial charge is 0.496 e. The molecule has 1 unspecified atom stereocenters. The van der Waals surface area contributed by atoms with Gasteiger partial charge in [0.25, 0.3) is 5.91 Å². The average molecular weight is 407 g/mol. The quantitative estimate of drug-likeness (QED) is 0.682. The van der Waals surface area contributed by atoms with E-state index in [1.165, 1.54) is 0 Å². The third kappa shape index (κ3) is 4.77.